The molecule has 4 aliphatic rings. The first-order valence-corrected chi connectivity index (χ1v) is 9.01. The predicted octanol–water partition coefficient (Wildman–Crippen LogP) is 3.23. The molecule has 4 rings (SSSR count). The van der Waals surface area contributed by atoms with E-state index in [1.807, 2.05) is 0 Å². The molecule has 0 spiro atoms. The average Bonchev–Trinajstić information content (AvgIpc) is 2.83. The van der Waals surface area contributed by atoms with Gasteiger partial charge in [-0.3, -0.25) is 9.59 Å². The van der Waals surface area contributed by atoms with Gasteiger partial charge in [0.15, 0.2) is 5.78 Å². The van der Waals surface area contributed by atoms with Gasteiger partial charge in [-0.25, -0.2) is 0 Å². The van der Waals surface area contributed by atoms with Crippen LogP contribution in [-0.2, 0) is 9.59 Å². The summed E-state index contributed by atoms with van der Waals surface area (Å²) in [4.78, 5) is 24.5. The van der Waals surface area contributed by atoms with E-state index in [-0.39, 0.29) is 23.2 Å². The van der Waals surface area contributed by atoms with Crippen molar-refractivity contribution in [2.75, 3.05) is 6.61 Å². The Morgan fingerprint density at radius 3 is 2.65 bits per heavy atom. The lowest BCUT2D eigenvalue weighted by Gasteiger charge is -2.55. The summed E-state index contributed by atoms with van der Waals surface area (Å²) in [7, 11) is 0. The SMILES string of the molecule is C[C@]12C=C(CO)C(=O)C=C1CC[C@@H]1[C@@H]2CC[C@]2(C)C(=O)CC[C@@H]12. The van der Waals surface area contributed by atoms with Crippen molar-refractivity contribution in [3.63, 3.8) is 0 Å². The molecule has 0 heterocycles. The quantitative estimate of drug-likeness (QED) is 0.808. The van der Waals surface area contributed by atoms with Gasteiger partial charge in [0.1, 0.15) is 5.78 Å². The van der Waals surface area contributed by atoms with Gasteiger partial charge >= 0.3 is 0 Å². The van der Waals surface area contributed by atoms with Gasteiger partial charge in [0.25, 0.3) is 0 Å². The molecule has 124 valence electrons. The van der Waals surface area contributed by atoms with E-state index in [1.54, 1.807) is 6.08 Å². The van der Waals surface area contributed by atoms with Crippen LogP contribution in [0.2, 0.25) is 0 Å². The normalized spacial score (nSPS) is 45.8. The van der Waals surface area contributed by atoms with Crippen LogP contribution in [0, 0.1) is 28.6 Å². The maximum Gasteiger partial charge on any atom is 0.183 e. The molecule has 0 aromatic rings. The molecule has 0 amide bonds. The summed E-state index contributed by atoms with van der Waals surface area (Å²) < 4.78 is 0. The highest BCUT2D eigenvalue weighted by atomic mass is 16.3. The number of hydrogen-bond donors (Lipinski definition) is 1. The van der Waals surface area contributed by atoms with E-state index in [9.17, 15) is 14.7 Å². The largest absolute Gasteiger partial charge is 0.392 e. The second-order valence-corrected chi connectivity index (χ2v) is 8.48. The van der Waals surface area contributed by atoms with E-state index < -0.39 is 0 Å². The van der Waals surface area contributed by atoms with Crippen molar-refractivity contribution in [3.05, 3.63) is 23.3 Å². The molecular weight excluding hydrogens is 288 g/mol. The fourth-order valence-corrected chi connectivity index (χ4v) is 6.27. The van der Waals surface area contributed by atoms with Gasteiger partial charge in [0.2, 0.25) is 0 Å². The maximum absolute atomic E-state index is 12.4. The molecule has 0 aromatic heterocycles. The van der Waals surface area contributed by atoms with Gasteiger partial charge in [0.05, 0.1) is 6.61 Å². The smallest absolute Gasteiger partial charge is 0.183 e. The molecule has 23 heavy (non-hydrogen) atoms. The Hall–Kier alpha value is -1.22. The molecule has 0 radical (unpaired) electrons. The van der Waals surface area contributed by atoms with Crippen molar-refractivity contribution in [1.29, 1.82) is 0 Å². The third-order valence-electron chi connectivity index (χ3n) is 7.62. The van der Waals surface area contributed by atoms with Crippen LogP contribution in [0.15, 0.2) is 23.3 Å². The second kappa shape index (κ2) is 4.89. The molecule has 3 fully saturated rings. The van der Waals surface area contributed by atoms with Crippen LogP contribution in [0.25, 0.3) is 0 Å². The first-order valence-electron chi connectivity index (χ1n) is 9.01. The van der Waals surface area contributed by atoms with Gasteiger partial charge in [-0.15, -0.1) is 0 Å². The van der Waals surface area contributed by atoms with Crippen molar-refractivity contribution >= 4 is 11.6 Å². The molecule has 0 bridgehead atoms. The van der Waals surface area contributed by atoms with Crippen LogP contribution < -0.4 is 0 Å². The summed E-state index contributed by atoms with van der Waals surface area (Å²) in [6.07, 6.45) is 9.74. The number of Topliss-reactive ketones (excluding diaryl/α,β-unsaturated/α-hetero) is 1. The first kappa shape index (κ1) is 15.3. The number of ketones is 2. The summed E-state index contributed by atoms with van der Waals surface area (Å²) in [6, 6.07) is 0. The Balaban J connectivity index is 1.73. The van der Waals surface area contributed by atoms with Gasteiger partial charge in [0, 0.05) is 22.8 Å². The lowest BCUT2D eigenvalue weighted by Crippen LogP contribution is -2.50. The second-order valence-electron chi connectivity index (χ2n) is 8.48. The highest BCUT2D eigenvalue weighted by Gasteiger charge is 2.58. The Morgan fingerprint density at radius 1 is 1.13 bits per heavy atom. The van der Waals surface area contributed by atoms with E-state index in [0.29, 0.717) is 29.1 Å². The van der Waals surface area contributed by atoms with E-state index in [2.05, 4.69) is 19.9 Å². The van der Waals surface area contributed by atoms with Gasteiger partial charge in [-0.1, -0.05) is 25.5 Å². The van der Waals surface area contributed by atoms with E-state index in [0.717, 1.165) is 38.5 Å². The van der Waals surface area contributed by atoms with Crippen LogP contribution in [0.1, 0.15) is 52.4 Å². The summed E-state index contributed by atoms with van der Waals surface area (Å²) >= 11 is 0. The summed E-state index contributed by atoms with van der Waals surface area (Å²) in [5.74, 6) is 2.04. The van der Waals surface area contributed by atoms with E-state index >= 15 is 0 Å². The number of carbonyl (C=O) groups excluding carboxylic acids is 2. The molecule has 3 heteroatoms. The maximum atomic E-state index is 12.4. The van der Waals surface area contributed by atoms with Gasteiger partial charge in [-0.05, 0) is 55.9 Å². The standard InChI is InChI=1S/C20H26O3/c1-19-8-7-16-14(15(19)5-6-18(19)23)4-3-13-9-17(22)12(11-21)10-20(13,16)2/h9-10,14-16,21H,3-8,11H2,1-2H3/t14-,15-,16-,19-,20-/m0/s1. The molecule has 0 unspecified atom stereocenters. The van der Waals surface area contributed by atoms with Gasteiger partial charge < -0.3 is 5.11 Å². The number of aliphatic hydroxyl groups is 1. The topological polar surface area (TPSA) is 54.4 Å². The first-order chi connectivity index (χ1) is 10.9. The number of hydrogen-bond acceptors (Lipinski definition) is 3. The lowest BCUT2D eigenvalue weighted by molar-refractivity contribution is -0.131. The summed E-state index contributed by atoms with van der Waals surface area (Å²) in [6.45, 7) is 4.27. The van der Waals surface area contributed by atoms with Crippen molar-refractivity contribution in [2.45, 2.75) is 52.4 Å². The number of fused-ring (bicyclic) bond motifs is 5. The minimum atomic E-state index is -0.171. The fraction of sp³-hybridized carbons (Fsp3) is 0.700. The van der Waals surface area contributed by atoms with Crippen LogP contribution in [-0.4, -0.2) is 23.3 Å². The molecule has 0 aliphatic heterocycles. The minimum Gasteiger partial charge on any atom is -0.392 e. The Kier molecular flexibility index (Phi) is 3.26. The highest BCUT2D eigenvalue weighted by Crippen LogP contribution is 2.63. The predicted molar refractivity (Wildman–Crippen MR) is 87.7 cm³/mol. The summed E-state index contributed by atoms with van der Waals surface area (Å²) in [5.41, 5.74) is 1.58. The van der Waals surface area contributed by atoms with E-state index in [1.165, 1.54) is 5.57 Å². The number of aliphatic hydroxyl groups excluding tert-OH is 1. The van der Waals surface area contributed by atoms with Crippen molar-refractivity contribution in [3.8, 4) is 0 Å². The fourth-order valence-electron chi connectivity index (χ4n) is 6.27. The zero-order valence-corrected chi connectivity index (χ0v) is 14.1. The Bertz CT molecular complexity index is 643. The third-order valence-corrected chi connectivity index (χ3v) is 7.62. The number of carbonyl (C=O) groups is 2. The average molecular weight is 314 g/mol. The minimum absolute atomic E-state index is 0.0184. The van der Waals surface area contributed by atoms with E-state index in [4.69, 9.17) is 0 Å². The van der Waals surface area contributed by atoms with Crippen molar-refractivity contribution < 1.29 is 14.7 Å². The van der Waals surface area contributed by atoms with Crippen LogP contribution in [0.5, 0.6) is 0 Å². The van der Waals surface area contributed by atoms with Crippen molar-refractivity contribution in [2.24, 2.45) is 28.6 Å². The number of rotatable bonds is 1. The van der Waals surface area contributed by atoms with Crippen molar-refractivity contribution in [1.82, 2.24) is 0 Å². The molecular formula is C20H26O3. The Morgan fingerprint density at radius 2 is 1.91 bits per heavy atom. The number of allylic oxidation sites excluding steroid dienone is 3. The molecule has 0 saturated heterocycles. The molecule has 0 aromatic carbocycles. The van der Waals surface area contributed by atoms with Crippen LogP contribution in [0.3, 0.4) is 0 Å². The molecule has 3 nitrogen and oxygen atoms in total. The van der Waals surface area contributed by atoms with Gasteiger partial charge in [-0.2, -0.15) is 0 Å². The molecule has 5 atom stereocenters. The summed E-state index contributed by atoms with van der Waals surface area (Å²) in [5, 5.41) is 9.53. The lowest BCUT2D eigenvalue weighted by atomic mass is 9.48. The van der Waals surface area contributed by atoms with Crippen LogP contribution >= 0.6 is 0 Å². The zero-order chi connectivity index (χ0) is 16.4. The third kappa shape index (κ3) is 1.92. The Labute approximate surface area is 137 Å². The van der Waals surface area contributed by atoms with Crippen LogP contribution in [0.4, 0.5) is 0 Å². The molecule has 4 aliphatic carbocycles. The molecule has 1 N–H and O–H groups in total. The highest BCUT2D eigenvalue weighted by molar-refractivity contribution is 6.06. The molecule has 3 saturated carbocycles. The monoisotopic (exact) mass is 314 g/mol. The zero-order valence-electron chi connectivity index (χ0n) is 14.1.